The van der Waals surface area contributed by atoms with Crippen molar-refractivity contribution in [2.75, 3.05) is 29.7 Å². The quantitative estimate of drug-likeness (QED) is 0.356. The average molecular weight is 625 g/mol. The summed E-state index contributed by atoms with van der Waals surface area (Å²) < 4.78 is 38.5. The van der Waals surface area contributed by atoms with Gasteiger partial charge in [-0.1, -0.05) is 0 Å². The van der Waals surface area contributed by atoms with Crippen molar-refractivity contribution >= 4 is 33.8 Å². The highest BCUT2D eigenvalue weighted by Crippen LogP contribution is 2.37. The third kappa shape index (κ3) is 7.21. The van der Waals surface area contributed by atoms with Crippen molar-refractivity contribution in [3.05, 3.63) is 48.7 Å². The van der Waals surface area contributed by atoms with Gasteiger partial charge >= 0.3 is 6.09 Å². The van der Waals surface area contributed by atoms with Crippen molar-refractivity contribution in [2.24, 2.45) is 0 Å². The molecule has 2 amide bonds. The first-order valence-electron chi connectivity index (χ1n) is 14.4. The molecule has 0 radical (unpaired) electrons. The number of carbonyl (C=O) groups excluding carboxylic acids is 2. The molecule has 3 aromatic heterocycles. The Kier molecular flexibility index (Phi) is 8.68. The number of pyridine rings is 1. The van der Waals surface area contributed by atoms with E-state index in [0.29, 0.717) is 48.1 Å². The number of likely N-dealkylation sites (tertiary alicyclic amines) is 1. The topological polar surface area (TPSA) is 178 Å². The molecule has 2 N–H and O–H groups in total. The fourth-order valence-corrected chi connectivity index (χ4v) is 6.10. The SMILES string of the molecule is CCOc1cncc(-c2ccc(NC(=O)C3(c4ccnc(NS(=O)(=O)C5CC5)n4)CCN(C(=O)OC(C)(C)C)CC3)nc2)n1. The Labute approximate surface area is 256 Å². The predicted octanol–water partition coefficient (Wildman–Crippen LogP) is 3.54. The molecule has 0 bridgehead atoms. The number of sulfonamides is 1. The fraction of sp³-hybridized carbons (Fsp3) is 0.483. The molecule has 0 atom stereocenters. The van der Waals surface area contributed by atoms with Crippen LogP contribution in [0.25, 0.3) is 11.3 Å². The second-order valence-electron chi connectivity index (χ2n) is 11.7. The summed E-state index contributed by atoms with van der Waals surface area (Å²) in [5.41, 5.74) is -0.298. The van der Waals surface area contributed by atoms with Gasteiger partial charge in [0.2, 0.25) is 27.8 Å². The van der Waals surface area contributed by atoms with Crippen LogP contribution in [0.15, 0.2) is 43.0 Å². The number of hydrogen-bond acceptors (Lipinski definition) is 11. The first-order valence-corrected chi connectivity index (χ1v) is 16.0. The Morgan fingerprint density at radius 3 is 2.43 bits per heavy atom. The van der Waals surface area contributed by atoms with Crippen LogP contribution in [-0.4, -0.2) is 80.8 Å². The van der Waals surface area contributed by atoms with Crippen LogP contribution in [0.4, 0.5) is 16.6 Å². The number of rotatable bonds is 9. The summed E-state index contributed by atoms with van der Waals surface area (Å²) in [5.74, 6) is 0.194. The molecular weight excluding hydrogens is 588 g/mol. The Balaban J connectivity index is 1.39. The van der Waals surface area contributed by atoms with Crippen LogP contribution in [0.3, 0.4) is 0 Å². The first kappa shape index (κ1) is 31.0. The summed E-state index contributed by atoms with van der Waals surface area (Å²) in [6.45, 7) is 8.12. The van der Waals surface area contributed by atoms with Gasteiger partial charge in [-0.2, -0.15) is 0 Å². The molecule has 3 aromatic rings. The smallest absolute Gasteiger partial charge is 0.410 e. The van der Waals surface area contributed by atoms with E-state index in [4.69, 9.17) is 9.47 Å². The summed E-state index contributed by atoms with van der Waals surface area (Å²) in [6.07, 6.45) is 7.23. The van der Waals surface area contributed by atoms with E-state index in [9.17, 15) is 18.0 Å². The summed E-state index contributed by atoms with van der Waals surface area (Å²) in [4.78, 5) is 50.0. The molecule has 15 heteroatoms. The van der Waals surface area contributed by atoms with Crippen molar-refractivity contribution in [2.45, 2.75) is 69.6 Å². The minimum Gasteiger partial charge on any atom is -0.477 e. The van der Waals surface area contributed by atoms with E-state index in [0.717, 1.165) is 0 Å². The van der Waals surface area contributed by atoms with Crippen LogP contribution < -0.4 is 14.8 Å². The molecule has 0 aromatic carbocycles. The molecular formula is C29H36N8O6S. The molecule has 2 fully saturated rings. The minimum atomic E-state index is -3.62. The summed E-state index contributed by atoms with van der Waals surface area (Å²) in [5, 5.41) is 2.43. The molecule has 1 aliphatic heterocycles. The van der Waals surface area contributed by atoms with E-state index in [2.05, 4.69) is 35.0 Å². The average Bonchev–Trinajstić information content (AvgIpc) is 3.84. The number of carbonyl (C=O) groups is 2. The maximum Gasteiger partial charge on any atom is 0.410 e. The highest BCUT2D eigenvalue weighted by atomic mass is 32.2. The molecule has 5 rings (SSSR count). The van der Waals surface area contributed by atoms with E-state index in [1.165, 1.54) is 12.4 Å². The number of hydrogen-bond donors (Lipinski definition) is 2. The van der Waals surface area contributed by atoms with Crippen molar-refractivity contribution in [1.29, 1.82) is 0 Å². The maximum absolute atomic E-state index is 14.1. The van der Waals surface area contributed by atoms with Crippen LogP contribution in [0.5, 0.6) is 5.88 Å². The van der Waals surface area contributed by atoms with Gasteiger partial charge in [0, 0.05) is 31.0 Å². The first-order chi connectivity index (χ1) is 20.9. The lowest BCUT2D eigenvalue weighted by molar-refractivity contribution is -0.123. The largest absolute Gasteiger partial charge is 0.477 e. The van der Waals surface area contributed by atoms with Gasteiger partial charge in [-0.3, -0.25) is 14.5 Å². The lowest BCUT2D eigenvalue weighted by Gasteiger charge is -2.40. The Morgan fingerprint density at radius 1 is 1.05 bits per heavy atom. The maximum atomic E-state index is 14.1. The standard InChI is InChI=1S/C29H36N8O6S/c1-5-42-24-18-30-17-21(33-24)19-6-9-23(32-16-19)35-25(38)29(11-14-37(15-12-29)27(39)43-28(2,3)4)22-10-13-31-26(34-22)36-44(40,41)20-7-8-20/h6,9-10,13,16-18,20H,5,7-8,11-12,14-15H2,1-4H3,(H,31,34,36)(H,32,35,38). The van der Waals surface area contributed by atoms with Crippen molar-refractivity contribution < 1.29 is 27.5 Å². The molecule has 4 heterocycles. The number of piperidine rings is 1. The van der Waals surface area contributed by atoms with Gasteiger partial charge in [0.25, 0.3) is 0 Å². The van der Waals surface area contributed by atoms with E-state index < -0.39 is 38.3 Å². The Hall–Kier alpha value is -4.40. The number of nitrogens with one attached hydrogen (secondary N) is 2. The molecule has 14 nitrogen and oxygen atoms in total. The second-order valence-corrected chi connectivity index (χ2v) is 13.7. The summed E-state index contributed by atoms with van der Waals surface area (Å²) in [7, 11) is -3.62. The molecule has 234 valence electrons. The lowest BCUT2D eigenvalue weighted by Crippen LogP contribution is -2.52. The van der Waals surface area contributed by atoms with Crippen LogP contribution in [0.2, 0.25) is 0 Å². The minimum absolute atomic E-state index is 0.103. The zero-order valence-electron chi connectivity index (χ0n) is 25.1. The highest BCUT2D eigenvalue weighted by Gasteiger charge is 2.46. The Bertz CT molecular complexity index is 1620. The molecule has 2 aliphatic rings. The number of aromatic nitrogens is 5. The zero-order valence-corrected chi connectivity index (χ0v) is 25.9. The predicted molar refractivity (Wildman–Crippen MR) is 161 cm³/mol. The van der Waals surface area contributed by atoms with Crippen molar-refractivity contribution in [3.8, 4) is 17.1 Å². The van der Waals surface area contributed by atoms with Crippen molar-refractivity contribution in [3.63, 3.8) is 0 Å². The number of anilines is 2. The molecule has 0 spiro atoms. The summed E-state index contributed by atoms with van der Waals surface area (Å²) in [6, 6.07) is 5.01. The van der Waals surface area contributed by atoms with Gasteiger partial charge in [-0.15, -0.1) is 0 Å². The van der Waals surface area contributed by atoms with Crippen molar-refractivity contribution in [1.82, 2.24) is 29.8 Å². The van der Waals surface area contributed by atoms with Crippen LogP contribution in [-0.2, 0) is 25.0 Å². The third-order valence-electron chi connectivity index (χ3n) is 7.25. The van der Waals surface area contributed by atoms with E-state index in [-0.39, 0.29) is 31.9 Å². The highest BCUT2D eigenvalue weighted by molar-refractivity contribution is 7.93. The molecule has 44 heavy (non-hydrogen) atoms. The zero-order chi connectivity index (χ0) is 31.5. The van der Waals surface area contributed by atoms with Gasteiger partial charge in [0.15, 0.2) is 0 Å². The summed E-state index contributed by atoms with van der Waals surface area (Å²) >= 11 is 0. The number of nitrogens with zero attached hydrogens (tertiary/aromatic N) is 6. The van der Waals surface area contributed by atoms with Crippen LogP contribution in [0, 0.1) is 0 Å². The van der Waals surface area contributed by atoms with Crippen LogP contribution >= 0.6 is 0 Å². The lowest BCUT2D eigenvalue weighted by atomic mass is 9.74. The number of amides is 2. The van der Waals surface area contributed by atoms with E-state index in [1.54, 1.807) is 56.3 Å². The molecule has 1 aliphatic carbocycles. The van der Waals surface area contributed by atoms with Gasteiger partial charge in [0.1, 0.15) is 11.4 Å². The molecule has 1 saturated heterocycles. The molecule has 0 unspecified atom stereocenters. The Morgan fingerprint density at radius 2 is 1.80 bits per heavy atom. The normalized spacial score (nSPS) is 16.6. The number of ether oxygens (including phenoxy) is 2. The van der Waals surface area contributed by atoms with Gasteiger partial charge in [-0.05, 0) is 71.6 Å². The van der Waals surface area contributed by atoms with Crippen LogP contribution in [0.1, 0.15) is 59.1 Å². The van der Waals surface area contributed by atoms with E-state index in [1.807, 2.05) is 6.92 Å². The molecule has 1 saturated carbocycles. The fourth-order valence-electron chi connectivity index (χ4n) is 4.82. The van der Waals surface area contributed by atoms with E-state index >= 15 is 0 Å². The second kappa shape index (κ2) is 12.3. The van der Waals surface area contributed by atoms with Gasteiger partial charge in [-0.25, -0.2) is 33.1 Å². The monoisotopic (exact) mass is 624 g/mol. The third-order valence-corrected chi connectivity index (χ3v) is 9.07. The van der Waals surface area contributed by atoms with Gasteiger partial charge in [0.05, 0.1) is 41.1 Å². The van der Waals surface area contributed by atoms with Gasteiger partial charge < -0.3 is 19.7 Å².